The van der Waals surface area contributed by atoms with Crippen LogP contribution in [0, 0.1) is 0 Å². The summed E-state index contributed by atoms with van der Waals surface area (Å²) in [6, 6.07) is 0. The van der Waals surface area contributed by atoms with Gasteiger partial charge in [0.1, 0.15) is 5.71 Å². The standard InChI is InChI=1S/C7H12N2O2/c1-4-7(11)5(2)8-9-6(3)10/h4H2,1-3H3,(H,9,10)/b8-5+. The maximum absolute atomic E-state index is 10.8. The maximum atomic E-state index is 10.8. The van der Waals surface area contributed by atoms with Gasteiger partial charge in [-0.2, -0.15) is 5.10 Å². The average Bonchev–Trinajstić information content (AvgIpc) is 1.98. The molecule has 1 amide bonds. The van der Waals surface area contributed by atoms with Crippen molar-refractivity contribution in [3.63, 3.8) is 0 Å². The van der Waals surface area contributed by atoms with E-state index in [1.807, 2.05) is 0 Å². The van der Waals surface area contributed by atoms with Gasteiger partial charge in [-0.3, -0.25) is 9.59 Å². The van der Waals surface area contributed by atoms with Crippen LogP contribution >= 0.6 is 0 Å². The van der Waals surface area contributed by atoms with Crippen molar-refractivity contribution < 1.29 is 9.59 Å². The molecule has 0 heterocycles. The zero-order valence-electron chi connectivity index (χ0n) is 6.97. The second kappa shape index (κ2) is 4.60. The Kier molecular flexibility index (Phi) is 4.10. The maximum Gasteiger partial charge on any atom is 0.236 e. The normalized spacial score (nSPS) is 11.0. The molecule has 0 aromatic rings. The van der Waals surface area contributed by atoms with Gasteiger partial charge in [-0.25, -0.2) is 5.43 Å². The summed E-state index contributed by atoms with van der Waals surface area (Å²) < 4.78 is 0. The lowest BCUT2D eigenvalue weighted by Crippen LogP contribution is -2.18. The second-order valence-corrected chi connectivity index (χ2v) is 2.14. The zero-order chi connectivity index (χ0) is 8.85. The van der Waals surface area contributed by atoms with Crippen LogP contribution in [-0.4, -0.2) is 17.4 Å². The number of Topliss-reactive ketones (excluding diaryl/α,β-unsaturated/α-hetero) is 1. The lowest BCUT2D eigenvalue weighted by Gasteiger charge is -1.95. The lowest BCUT2D eigenvalue weighted by atomic mass is 10.2. The van der Waals surface area contributed by atoms with Crippen LogP contribution < -0.4 is 5.43 Å². The summed E-state index contributed by atoms with van der Waals surface area (Å²) in [6.07, 6.45) is 0.412. The van der Waals surface area contributed by atoms with Gasteiger partial charge < -0.3 is 0 Å². The summed E-state index contributed by atoms with van der Waals surface area (Å²) >= 11 is 0. The van der Waals surface area contributed by atoms with Crippen molar-refractivity contribution in [3.8, 4) is 0 Å². The predicted molar refractivity (Wildman–Crippen MR) is 42.2 cm³/mol. The molecule has 0 radical (unpaired) electrons. The minimum absolute atomic E-state index is 0.0567. The first-order chi connectivity index (χ1) is 5.07. The van der Waals surface area contributed by atoms with Crippen LogP contribution in [0.25, 0.3) is 0 Å². The van der Waals surface area contributed by atoms with Crippen LogP contribution in [0.2, 0.25) is 0 Å². The highest BCUT2D eigenvalue weighted by molar-refractivity contribution is 6.38. The van der Waals surface area contributed by atoms with Gasteiger partial charge >= 0.3 is 0 Å². The molecular formula is C7H12N2O2. The average molecular weight is 156 g/mol. The first kappa shape index (κ1) is 9.81. The number of hydrogen-bond donors (Lipinski definition) is 1. The number of rotatable bonds is 3. The van der Waals surface area contributed by atoms with E-state index in [1.165, 1.54) is 6.92 Å². The van der Waals surface area contributed by atoms with Gasteiger partial charge in [0.25, 0.3) is 0 Å². The molecule has 0 aliphatic carbocycles. The van der Waals surface area contributed by atoms with E-state index in [2.05, 4.69) is 10.5 Å². The third kappa shape index (κ3) is 4.25. The van der Waals surface area contributed by atoms with E-state index in [0.717, 1.165) is 0 Å². The second-order valence-electron chi connectivity index (χ2n) is 2.14. The number of ketones is 1. The Labute approximate surface area is 65.7 Å². The first-order valence-corrected chi connectivity index (χ1v) is 3.42. The minimum atomic E-state index is -0.270. The van der Waals surface area contributed by atoms with E-state index < -0.39 is 0 Å². The fourth-order valence-electron chi connectivity index (χ4n) is 0.481. The van der Waals surface area contributed by atoms with E-state index >= 15 is 0 Å². The Morgan fingerprint density at radius 3 is 2.27 bits per heavy atom. The SMILES string of the molecule is CCC(=O)/C(C)=N/NC(C)=O. The van der Waals surface area contributed by atoms with Crippen LogP contribution in [-0.2, 0) is 9.59 Å². The van der Waals surface area contributed by atoms with E-state index in [0.29, 0.717) is 12.1 Å². The number of hydrazone groups is 1. The minimum Gasteiger partial charge on any atom is -0.293 e. The molecule has 0 aromatic carbocycles. The highest BCUT2D eigenvalue weighted by Gasteiger charge is 2.01. The molecule has 1 N–H and O–H groups in total. The summed E-state index contributed by atoms with van der Waals surface area (Å²) in [5.41, 5.74) is 2.52. The fourth-order valence-corrected chi connectivity index (χ4v) is 0.481. The van der Waals surface area contributed by atoms with Gasteiger partial charge in [-0.05, 0) is 6.92 Å². The fraction of sp³-hybridized carbons (Fsp3) is 0.571. The summed E-state index contributed by atoms with van der Waals surface area (Å²) in [6.45, 7) is 4.66. The molecule has 0 aromatic heterocycles. The molecule has 0 aliphatic rings. The number of carbonyl (C=O) groups is 2. The Morgan fingerprint density at radius 2 is 1.91 bits per heavy atom. The molecule has 4 heteroatoms. The van der Waals surface area contributed by atoms with Crippen molar-refractivity contribution in [2.45, 2.75) is 27.2 Å². The molecule has 0 aliphatic heterocycles. The quantitative estimate of drug-likeness (QED) is 0.477. The summed E-state index contributed by atoms with van der Waals surface area (Å²) in [5.74, 6) is -0.327. The van der Waals surface area contributed by atoms with Gasteiger partial charge in [-0.1, -0.05) is 6.92 Å². The van der Waals surface area contributed by atoms with Gasteiger partial charge in [-0.15, -0.1) is 0 Å². The predicted octanol–water partition coefficient (Wildman–Crippen LogP) is 0.478. The Bertz CT molecular complexity index is 197. The van der Waals surface area contributed by atoms with E-state index in [-0.39, 0.29) is 11.7 Å². The number of amides is 1. The Morgan fingerprint density at radius 1 is 1.36 bits per heavy atom. The zero-order valence-corrected chi connectivity index (χ0v) is 6.97. The number of hydrogen-bond acceptors (Lipinski definition) is 3. The van der Waals surface area contributed by atoms with Crippen molar-refractivity contribution in [1.82, 2.24) is 5.43 Å². The Balaban J connectivity index is 4.00. The van der Waals surface area contributed by atoms with Crippen molar-refractivity contribution in [2.24, 2.45) is 5.10 Å². The first-order valence-electron chi connectivity index (χ1n) is 3.42. The molecule has 0 bridgehead atoms. The third-order valence-corrected chi connectivity index (χ3v) is 1.11. The van der Waals surface area contributed by atoms with Gasteiger partial charge in [0.15, 0.2) is 5.78 Å². The Hall–Kier alpha value is -1.19. The third-order valence-electron chi connectivity index (χ3n) is 1.11. The molecule has 0 saturated heterocycles. The van der Waals surface area contributed by atoms with Crippen molar-refractivity contribution in [2.75, 3.05) is 0 Å². The van der Waals surface area contributed by atoms with Crippen LogP contribution in [0.3, 0.4) is 0 Å². The number of nitrogens with zero attached hydrogens (tertiary/aromatic N) is 1. The number of nitrogens with one attached hydrogen (secondary N) is 1. The van der Waals surface area contributed by atoms with Crippen LogP contribution in [0.5, 0.6) is 0 Å². The number of carbonyl (C=O) groups excluding carboxylic acids is 2. The molecule has 0 spiro atoms. The van der Waals surface area contributed by atoms with Crippen molar-refractivity contribution >= 4 is 17.4 Å². The molecule has 0 saturated carbocycles. The van der Waals surface area contributed by atoms with Gasteiger partial charge in [0.05, 0.1) is 0 Å². The molecule has 4 nitrogen and oxygen atoms in total. The monoisotopic (exact) mass is 156 g/mol. The summed E-state index contributed by atoms with van der Waals surface area (Å²) in [4.78, 5) is 21.2. The largest absolute Gasteiger partial charge is 0.293 e. The smallest absolute Gasteiger partial charge is 0.236 e. The lowest BCUT2D eigenvalue weighted by molar-refractivity contribution is -0.118. The summed E-state index contributed by atoms with van der Waals surface area (Å²) in [7, 11) is 0. The summed E-state index contributed by atoms with van der Waals surface area (Å²) in [5, 5.41) is 3.56. The molecule has 62 valence electrons. The van der Waals surface area contributed by atoms with E-state index in [1.54, 1.807) is 13.8 Å². The molecule has 0 unspecified atom stereocenters. The topological polar surface area (TPSA) is 58.5 Å². The van der Waals surface area contributed by atoms with E-state index in [4.69, 9.17) is 0 Å². The molecular weight excluding hydrogens is 144 g/mol. The highest BCUT2D eigenvalue weighted by atomic mass is 16.2. The van der Waals surface area contributed by atoms with Crippen LogP contribution in [0.15, 0.2) is 5.10 Å². The highest BCUT2D eigenvalue weighted by Crippen LogP contribution is 1.84. The van der Waals surface area contributed by atoms with Gasteiger partial charge in [0, 0.05) is 13.3 Å². The molecule has 0 rings (SSSR count). The molecule has 0 fully saturated rings. The van der Waals surface area contributed by atoms with Crippen molar-refractivity contribution in [1.29, 1.82) is 0 Å². The van der Waals surface area contributed by atoms with Crippen LogP contribution in [0.1, 0.15) is 27.2 Å². The van der Waals surface area contributed by atoms with E-state index in [9.17, 15) is 9.59 Å². The van der Waals surface area contributed by atoms with Crippen LogP contribution in [0.4, 0.5) is 0 Å². The van der Waals surface area contributed by atoms with Crippen molar-refractivity contribution in [3.05, 3.63) is 0 Å². The molecule has 11 heavy (non-hydrogen) atoms. The molecule has 0 atom stereocenters. The van der Waals surface area contributed by atoms with Gasteiger partial charge in [0.2, 0.25) is 5.91 Å².